The Kier molecular flexibility index (Phi) is 3.93. The highest BCUT2D eigenvalue weighted by Gasteiger charge is 2.43. The lowest BCUT2D eigenvalue weighted by Crippen LogP contribution is -2.29. The number of nitrogens with zero attached hydrogens (tertiary/aromatic N) is 3. The standard InChI is InChI=1S/C19H25N3O2/c1-13-4-5-16(10-14(13)2)18-21-20-17(24-18)15(3)22-8-6-19(11-22)7-9-23-12-19/h4-5,10,15H,6-9,11-12H2,1-3H3. The minimum Gasteiger partial charge on any atom is -0.419 e. The van der Waals surface area contributed by atoms with Crippen LogP contribution >= 0.6 is 0 Å². The maximum Gasteiger partial charge on any atom is 0.247 e. The molecule has 2 aromatic rings. The van der Waals surface area contributed by atoms with Crippen molar-refractivity contribution in [3.8, 4) is 11.5 Å². The summed E-state index contributed by atoms with van der Waals surface area (Å²) in [6.07, 6.45) is 2.38. The van der Waals surface area contributed by atoms with Crippen molar-refractivity contribution in [2.24, 2.45) is 5.41 Å². The van der Waals surface area contributed by atoms with Gasteiger partial charge in [-0.3, -0.25) is 4.90 Å². The third-order valence-electron chi connectivity index (χ3n) is 5.75. The zero-order valence-electron chi connectivity index (χ0n) is 14.7. The molecule has 2 fully saturated rings. The molecule has 2 atom stereocenters. The van der Waals surface area contributed by atoms with Crippen molar-refractivity contribution in [2.75, 3.05) is 26.3 Å². The number of ether oxygens (including phenoxy) is 1. The minimum absolute atomic E-state index is 0.151. The van der Waals surface area contributed by atoms with Gasteiger partial charge in [0.05, 0.1) is 12.6 Å². The monoisotopic (exact) mass is 327 g/mol. The van der Waals surface area contributed by atoms with E-state index in [1.165, 1.54) is 24.0 Å². The lowest BCUT2D eigenvalue weighted by Gasteiger charge is -2.24. The van der Waals surface area contributed by atoms with Crippen molar-refractivity contribution in [1.29, 1.82) is 0 Å². The lowest BCUT2D eigenvalue weighted by molar-refractivity contribution is 0.142. The molecule has 1 spiro atoms. The van der Waals surface area contributed by atoms with Gasteiger partial charge in [-0.15, -0.1) is 10.2 Å². The van der Waals surface area contributed by atoms with Gasteiger partial charge in [-0.2, -0.15) is 0 Å². The zero-order valence-corrected chi connectivity index (χ0v) is 14.7. The molecular weight excluding hydrogens is 302 g/mol. The Morgan fingerprint density at radius 1 is 1.17 bits per heavy atom. The van der Waals surface area contributed by atoms with Crippen LogP contribution in [0.5, 0.6) is 0 Å². The van der Waals surface area contributed by atoms with Crippen LogP contribution < -0.4 is 0 Å². The van der Waals surface area contributed by atoms with E-state index in [0.717, 1.165) is 31.9 Å². The molecule has 5 nitrogen and oxygen atoms in total. The average molecular weight is 327 g/mol. The molecule has 0 aliphatic carbocycles. The zero-order chi connectivity index (χ0) is 16.7. The Morgan fingerprint density at radius 2 is 2.04 bits per heavy atom. The van der Waals surface area contributed by atoms with E-state index in [0.29, 0.717) is 17.2 Å². The minimum atomic E-state index is 0.151. The summed E-state index contributed by atoms with van der Waals surface area (Å²) < 4.78 is 11.6. The number of aryl methyl sites for hydroxylation is 2. The smallest absolute Gasteiger partial charge is 0.247 e. The molecule has 1 aromatic heterocycles. The van der Waals surface area contributed by atoms with Crippen molar-refractivity contribution in [3.63, 3.8) is 0 Å². The highest BCUT2D eigenvalue weighted by Crippen LogP contribution is 2.41. The van der Waals surface area contributed by atoms with E-state index in [1.807, 2.05) is 6.07 Å². The van der Waals surface area contributed by atoms with Gasteiger partial charge in [0, 0.05) is 24.1 Å². The summed E-state index contributed by atoms with van der Waals surface area (Å²) in [6.45, 7) is 10.3. The molecule has 5 heteroatoms. The molecule has 2 saturated heterocycles. The molecule has 0 radical (unpaired) electrons. The third-order valence-corrected chi connectivity index (χ3v) is 5.75. The van der Waals surface area contributed by atoms with Crippen molar-refractivity contribution >= 4 is 0 Å². The van der Waals surface area contributed by atoms with Crippen LogP contribution in [-0.2, 0) is 4.74 Å². The summed E-state index contributed by atoms with van der Waals surface area (Å²) in [5.41, 5.74) is 3.85. The Hall–Kier alpha value is -1.72. The first-order valence-corrected chi connectivity index (χ1v) is 8.79. The van der Waals surface area contributed by atoms with Gasteiger partial charge in [-0.25, -0.2) is 0 Å². The van der Waals surface area contributed by atoms with Crippen LogP contribution in [0.25, 0.3) is 11.5 Å². The van der Waals surface area contributed by atoms with E-state index >= 15 is 0 Å². The van der Waals surface area contributed by atoms with E-state index in [4.69, 9.17) is 9.15 Å². The second-order valence-corrected chi connectivity index (χ2v) is 7.44. The van der Waals surface area contributed by atoms with Crippen LogP contribution in [0.4, 0.5) is 0 Å². The molecular formula is C19H25N3O2. The summed E-state index contributed by atoms with van der Waals surface area (Å²) in [6, 6.07) is 6.41. The fourth-order valence-electron chi connectivity index (χ4n) is 3.82. The third kappa shape index (κ3) is 2.76. The highest BCUT2D eigenvalue weighted by atomic mass is 16.5. The van der Waals surface area contributed by atoms with Gasteiger partial charge < -0.3 is 9.15 Å². The normalized spacial score (nSPS) is 25.6. The van der Waals surface area contributed by atoms with Crippen LogP contribution in [0.3, 0.4) is 0 Å². The second-order valence-electron chi connectivity index (χ2n) is 7.44. The Balaban J connectivity index is 1.51. The average Bonchev–Trinajstić information content (AvgIpc) is 3.32. The van der Waals surface area contributed by atoms with Crippen molar-refractivity contribution in [3.05, 3.63) is 35.2 Å². The van der Waals surface area contributed by atoms with E-state index in [-0.39, 0.29) is 6.04 Å². The lowest BCUT2D eigenvalue weighted by atomic mass is 9.87. The number of hydrogen-bond donors (Lipinski definition) is 0. The molecule has 24 heavy (non-hydrogen) atoms. The molecule has 0 bridgehead atoms. The van der Waals surface area contributed by atoms with E-state index < -0.39 is 0 Å². The van der Waals surface area contributed by atoms with E-state index in [9.17, 15) is 0 Å². The number of aromatic nitrogens is 2. The van der Waals surface area contributed by atoms with E-state index in [2.05, 4.69) is 48.0 Å². The van der Waals surface area contributed by atoms with Gasteiger partial charge in [0.2, 0.25) is 11.8 Å². The van der Waals surface area contributed by atoms with Gasteiger partial charge >= 0.3 is 0 Å². The van der Waals surface area contributed by atoms with E-state index in [1.54, 1.807) is 0 Å². The summed E-state index contributed by atoms with van der Waals surface area (Å²) >= 11 is 0. The number of rotatable bonds is 3. The van der Waals surface area contributed by atoms with Crippen molar-refractivity contribution < 1.29 is 9.15 Å². The molecule has 2 unspecified atom stereocenters. The first-order chi connectivity index (χ1) is 11.6. The molecule has 0 N–H and O–H groups in total. The molecule has 128 valence electrons. The molecule has 2 aliphatic rings. The number of likely N-dealkylation sites (tertiary alicyclic amines) is 1. The molecule has 3 heterocycles. The first-order valence-electron chi connectivity index (χ1n) is 8.79. The van der Waals surface area contributed by atoms with Crippen LogP contribution in [-0.4, -0.2) is 41.4 Å². The predicted octanol–water partition coefficient (Wildman–Crippen LogP) is 3.53. The fraction of sp³-hybridized carbons (Fsp3) is 0.579. The Bertz CT molecular complexity index is 734. The molecule has 2 aliphatic heterocycles. The Morgan fingerprint density at radius 3 is 2.79 bits per heavy atom. The SMILES string of the molecule is Cc1ccc(-c2nnc(C(C)N3CCC4(CCOC4)C3)o2)cc1C. The van der Waals surface area contributed by atoms with Crippen LogP contribution in [0.1, 0.15) is 42.8 Å². The maximum absolute atomic E-state index is 5.99. The fourth-order valence-corrected chi connectivity index (χ4v) is 3.82. The maximum atomic E-state index is 5.99. The highest BCUT2D eigenvalue weighted by molar-refractivity contribution is 5.55. The van der Waals surface area contributed by atoms with Gasteiger partial charge in [0.15, 0.2) is 0 Å². The molecule has 0 saturated carbocycles. The first kappa shape index (κ1) is 15.8. The van der Waals surface area contributed by atoms with Gasteiger partial charge in [-0.05, 0) is 63.4 Å². The summed E-state index contributed by atoms with van der Waals surface area (Å²) in [7, 11) is 0. The quantitative estimate of drug-likeness (QED) is 0.863. The number of benzene rings is 1. The van der Waals surface area contributed by atoms with Gasteiger partial charge in [-0.1, -0.05) is 6.07 Å². The molecule has 1 aromatic carbocycles. The van der Waals surface area contributed by atoms with Crippen molar-refractivity contribution in [2.45, 2.75) is 39.7 Å². The topological polar surface area (TPSA) is 51.4 Å². The van der Waals surface area contributed by atoms with Gasteiger partial charge in [0.25, 0.3) is 0 Å². The summed E-state index contributed by atoms with van der Waals surface area (Å²) in [4.78, 5) is 2.45. The molecule has 4 rings (SSSR count). The largest absolute Gasteiger partial charge is 0.419 e. The molecule has 0 amide bonds. The van der Waals surface area contributed by atoms with Gasteiger partial charge in [0.1, 0.15) is 0 Å². The Labute approximate surface area is 143 Å². The van der Waals surface area contributed by atoms with Crippen LogP contribution in [0.2, 0.25) is 0 Å². The summed E-state index contributed by atoms with van der Waals surface area (Å²) in [5.74, 6) is 1.32. The van der Waals surface area contributed by atoms with Crippen LogP contribution in [0.15, 0.2) is 22.6 Å². The summed E-state index contributed by atoms with van der Waals surface area (Å²) in [5, 5.41) is 8.59. The number of hydrogen-bond acceptors (Lipinski definition) is 5. The second kappa shape index (κ2) is 5.97. The van der Waals surface area contributed by atoms with Crippen molar-refractivity contribution in [1.82, 2.24) is 15.1 Å². The van der Waals surface area contributed by atoms with Crippen LogP contribution in [0, 0.1) is 19.3 Å². The predicted molar refractivity (Wildman–Crippen MR) is 91.7 cm³/mol.